The normalized spacial score (nSPS) is 12.2. The Kier molecular flexibility index (Phi) is 4.29. The molecule has 0 fully saturated rings. The maximum atomic E-state index is 11.4. The van der Waals surface area contributed by atoms with Gasteiger partial charge in [-0.15, -0.1) is 0 Å². The molecule has 1 heterocycles. The molecule has 1 atom stereocenters. The minimum atomic E-state index is -1.08. The van der Waals surface area contributed by atoms with Crippen LogP contribution < -0.4 is 5.32 Å². The molecule has 122 valence electrons. The number of carbonyl (C=O) groups is 2. The van der Waals surface area contributed by atoms with Gasteiger partial charge in [0.05, 0.1) is 11.0 Å². The van der Waals surface area contributed by atoms with Gasteiger partial charge in [-0.1, -0.05) is 24.3 Å². The first-order valence-corrected chi connectivity index (χ1v) is 7.54. The summed E-state index contributed by atoms with van der Waals surface area (Å²) in [5, 5.41) is 22.8. The highest BCUT2D eigenvalue weighted by molar-refractivity contribution is 6.00. The standard InChI is InChI=1S/C18H16N2O4/c21-17(22)9-8-16(18(23)24)20-15-7-3-6-14-12(15)10-11-4-1-2-5-13(11)19-14/h1-7,10,16,20H,8-9H2,(H,21,22)(H,23,24)/t16-/m0/s1. The topological polar surface area (TPSA) is 99.5 Å². The van der Waals surface area contributed by atoms with Gasteiger partial charge in [0, 0.05) is 22.9 Å². The third-order valence-electron chi connectivity index (χ3n) is 3.84. The highest BCUT2D eigenvalue weighted by atomic mass is 16.4. The summed E-state index contributed by atoms with van der Waals surface area (Å²) < 4.78 is 0. The van der Waals surface area contributed by atoms with E-state index in [0.717, 1.165) is 21.8 Å². The number of benzene rings is 2. The van der Waals surface area contributed by atoms with Crippen LogP contribution in [0.15, 0.2) is 48.5 Å². The van der Waals surface area contributed by atoms with Gasteiger partial charge in [-0.3, -0.25) is 4.79 Å². The Hall–Kier alpha value is -3.15. The van der Waals surface area contributed by atoms with Gasteiger partial charge in [-0.25, -0.2) is 9.78 Å². The molecule has 0 amide bonds. The fourth-order valence-electron chi connectivity index (χ4n) is 2.64. The zero-order valence-electron chi connectivity index (χ0n) is 12.8. The van der Waals surface area contributed by atoms with E-state index in [1.807, 2.05) is 36.4 Å². The Labute approximate surface area is 137 Å². The van der Waals surface area contributed by atoms with Crippen molar-refractivity contribution in [3.63, 3.8) is 0 Å². The fraction of sp³-hybridized carbons (Fsp3) is 0.167. The van der Waals surface area contributed by atoms with Crippen molar-refractivity contribution in [1.29, 1.82) is 0 Å². The number of nitrogens with zero attached hydrogens (tertiary/aromatic N) is 1. The second-order valence-electron chi connectivity index (χ2n) is 5.52. The van der Waals surface area contributed by atoms with Gasteiger partial charge in [-0.05, 0) is 30.7 Å². The Morgan fingerprint density at radius 1 is 1.04 bits per heavy atom. The minimum Gasteiger partial charge on any atom is -0.481 e. The fourth-order valence-corrected chi connectivity index (χ4v) is 2.64. The van der Waals surface area contributed by atoms with Crippen LogP contribution in [0.5, 0.6) is 0 Å². The number of aromatic nitrogens is 1. The molecule has 0 radical (unpaired) electrons. The first kappa shape index (κ1) is 15.7. The van der Waals surface area contributed by atoms with Gasteiger partial charge >= 0.3 is 11.9 Å². The second-order valence-corrected chi connectivity index (χ2v) is 5.52. The van der Waals surface area contributed by atoms with Gasteiger partial charge in [0.25, 0.3) is 0 Å². The Bertz CT molecular complexity index is 923. The number of carboxylic acid groups (broad SMARTS) is 2. The Balaban J connectivity index is 2.00. The number of rotatable bonds is 6. The van der Waals surface area contributed by atoms with Crippen LogP contribution in [-0.4, -0.2) is 33.2 Å². The van der Waals surface area contributed by atoms with Crippen LogP contribution in [0.2, 0.25) is 0 Å². The number of hydrogen-bond acceptors (Lipinski definition) is 4. The van der Waals surface area contributed by atoms with E-state index in [1.54, 1.807) is 12.1 Å². The van der Waals surface area contributed by atoms with E-state index in [2.05, 4.69) is 10.3 Å². The zero-order chi connectivity index (χ0) is 17.1. The molecule has 3 aromatic rings. The lowest BCUT2D eigenvalue weighted by Gasteiger charge is -2.16. The summed E-state index contributed by atoms with van der Waals surface area (Å²) in [6.07, 6.45) is -0.210. The number of aliphatic carboxylic acids is 2. The lowest BCUT2D eigenvalue weighted by atomic mass is 10.1. The molecule has 24 heavy (non-hydrogen) atoms. The molecule has 3 rings (SSSR count). The van der Waals surface area contributed by atoms with E-state index in [4.69, 9.17) is 5.11 Å². The predicted molar refractivity (Wildman–Crippen MR) is 91.2 cm³/mol. The number of nitrogens with one attached hydrogen (secondary N) is 1. The van der Waals surface area contributed by atoms with E-state index < -0.39 is 18.0 Å². The van der Waals surface area contributed by atoms with Crippen LogP contribution in [0.3, 0.4) is 0 Å². The quantitative estimate of drug-likeness (QED) is 0.602. The van der Waals surface area contributed by atoms with Gasteiger partial charge in [0.2, 0.25) is 0 Å². The molecule has 0 bridgehead atoms. The summed E-state index contributed by atoms with van der Waals surface area (Å²) in [6.45, 7) is 0. The van der Waals surface area contributed by atoms with E-state index >= 15 is 0 Å². The van der Waals surface area contributed by atoms with Crippen molar-refractivity contribution in [2.75, 3.05) is 5.32 Å². The number of anilines is 1. The summed E-state index contributed by atoms with van der Waals surface area (Å²) in [4.78, 5) is 26.7. The molecule has 2 aromatic carbocycles. The molecule has 0 saturated heterocycles. The van der Waals surface area contributed by atoms with Gasteiger partial charge in [-0.2, -0.15) is 0 Å². The molecular weight excluding hydrogens is 308 g/mol. The minimum absolute atomic E-state index is 0.00205. The molecule has 0 aliphatic carbocycles. The number of pyridine rings is 1. The molecule has 0 unspecified atom stereocenters. The summed E-state index contributed by atoms with van der Waals surface area (Å²) in [6, 6.07) is 14.1. The number of hydrogen-bond donors (Lipinski definition) is 3. The molecule has 1 aromatic heterocycles. The monoisotopic (exact) mass is 324 g/mol. The van der Waals surface area contributed by atoms with Crippen molar-refractivity contribution in [2.45, 2.75) is 18.9 Å². The van der Waals surface area contributed by atoms with E-state index in [0.29, 0.717) is 5.69 Å². The van der Waals surface area contributed by atoms with Crippen LogP contribution in [0, 0.1) is 0 Å². The number of fused-ring (bicyclic) bond motifs is 2. The van der Waals surface area contributed by atoms with Gasteiger partial charge < -0.3 is 15.5 Å². The van der Waals surface area contributed by atoms with Crippen LogP contribution in [0.1, 0.15) is 12.8 Å². The van der Waals surface area contributed by atoms with E-state index in [-0.39, 0.29) is 12.8 Å². The average molecular weight is 324 g/mol. The van der Waals surface area contributed by atoms with Crippen LogP contribution >= 0.6 is 0 Å². The second kappa shape index (κ2) is 6.54. The molecule has 0 aliphatic heterocycles. The summed E-state index contributed by atoms with van der Waals surface area (Å²) >= 11 is 0. The first-order chi connectivity index (χ1) is 11.5. The van der Waals surface area contributed by atoms with Crippen molar-refractivity contribution >= 4 is 39.4 Å². The summed E-state index contributed by atoms with van der Waals surface area (Å²) in [7, 11) is 0. The number of para-hydroxylation sites is 1. The summed E-state index contributed by atoms with van der Waals surface area (Å²) in [5.41, 5.74) is 2.24. The van der Waals surface area contributed by atoms with E-state index in [1.165, 1.54) is 0 Å². The predicted octanol–water partition coefficient (Wildman–Crippen LogP) is 3.12. The van der Waals surface area contributed by atoms with Gasteiger partial charge in [0.15, 0.2) is 0 Å². The highest BCUT2D eigenvalue weighted by Gasteiger charge is 2.19. The van der Waals surface area contributed by atoms with Crippen LogP contribution in [0.25, 0.3) is 21.8 Å². The molecule has 0 spiro atoms. The maximum Gasteiger partial charge on any atom is 0.326 e. The number of carboxylic acids is 2. The third-order valence-corrected chi connectivity index (χ3v) is 3.84. The Morgan fingerprint density at radius 2 is 1.79 bits per heavy atom. The largest absolute Gasteiger partial charge is 0.481 e. The van der Waals surface area contributed by atoms with Crippen molar-refractivity contribution in [1.82, 2.24) is 4.98 Å². The summed E-state index contributed by atoms with van der Waals surface area (Å²) in [5.74, 6) is -2.10. The van der Waals surface area contributed by atoms with Crippen molar-refractivity contribution in [2.24, 2.45) is 0 Å². The molecule has 0 saturated carbocycles. The zero-order valence-corrected chi connectivity index (χ0v) is 12.8. The van der Waals surface area contributed by atoms with Gasteiger partial charge in [0.1, 0.15) is 6.04 Å². The molecule has 6 nitrogen and oxygen atoms in total. The van der Waals surface area contributed by atoms with Crippen LogP contribution in [-0.2, 0) is 9.59 Å². The highest BCUT2D eigenvalue weighted by Crippen LogP contribution is 2.27. The lowest BCUT2D eigenvalue weighted by Crippen LogP contribution is -2.30. The average Bonchev–Trinajstić information content (AvgIpc) is 2.56. The van der Waals surface area contributed by atoms with Crippen LogP contribution in [0.4, 0.5) is 5.69 Å². The molecule has 6 heteroatoms. The first-order valence-electron chi connectivity index (χ1n) is 7.54. The molecule has 3 N–H and O–H groups in total. The van der Waals surface area contributed by atoms with Crippen molar-refractivity contribution in [3.8, 4) is 0 Å². The molecular formula is C18H16N2O4. The maximum absolute atomic E-state index is 11.4. The SMILES string of the molecule is O=C(O)CC[C@H](Nc1cccc2nc3ccccc3cc12)C(=O)O. The molecule has 0 aliphatic rings. The van der Waals surface area contributed by atoms with E-state index in [9.17, 15) is 14.7 Å². The third kappa shape index (κ3) is 3.27. The smallest absolute Gasteiger partial charge is 0.326 e. The van der Waals surface area contributed by atoms with Crippen molar-refractivity contribution < 1.29 is 19.8 Å². The lowest BCUT2D eigenvalue weighted by molar-refractivity contribution is -0.139. The van der Waals surface area contributed by atoms with Crippen molar-refractivity contribution in [3.05, 3.63) is 48.5 Å². The Morgan fingerprint density at radius 3 is 2.54 bits per heavy atom.